The summed E-state index contributed by atoms with van der Waals surface area (Å²) in [4.78, 5) is 4.52. The van der Waals surface area contributed by atoms with E-state index >= 15 is 0 Å². The Morgan fingerprint density at radius 1 is 1.29 bits per heavy atom. The minimum Gasteiger partial charge on any atom is -0.493 e. The fourth-order valence-electron chi connectivity index (χ4n) is 2.82. The number of rotatable bonds is 7. The van der Waals surface area contributed by atoms with Gasteiger partial charge in [0.1, 0.15) is 11.3 Å². The molecule has 1 aromatic carbocycles. The number of aryl methyl sites for hydroxylation is 1. The largest absolute Gasteiger partial charge is 0.493 e. The van der Waals surface area contributed by atoms with Gasteiger partial charge in [-0.2, -0.15) is 5.10 Å². The number of pyridine rings is 1. The van der Waals surface area contributed by atoms with Crippen molar-refractivity contribution in [3.63, 3.8) is 0 Å². The van der Waals surface area contributed by atoms with Crippen molar-refractivity contribution in [3.05, 3.63) is 24.4 Å². The quantitative estimate of drug-likeness (QED) is 0.699. The molecule has 0 atom stereocenters. The van der Waals surface area contributed by atoms with Crippen LogP contribution < -0.4 is 10.5 Å². The lowest BCUT2D eigenvalue weighted by Gasteiger charge is -2.11. The number of unbranched alkanes of at least 4 members (excludes halogenated alkanes) is 1. The average Bonchev–Trinajstić information content (AvgIpc) is 2.97. The number of hydrogen-bond donors (Lipinski definition) is 1. The van der Waals surface area contributed by atoms with Crippen LogP contribution in [0.2, 0.25) is 0 Å². The number of nitrogen functional groups attached to an aromatic ring is 1. The van der Waals surface area contributed by atoms with Crippen LogP contribution in [0.25, 0.3) is 21.8 Å². The summed E-state index contributed by atoms with van der Waals surface area (Å²) in [6, 6.07) is 5.94. The third kappa shape index (κ3) is 3.30. The zero-order valence-corrected chi connectivity index (χ0v) is 14.7. The van der Waals surface area contributed by atoms with Gasteiger partial charge in [-0.15, -0.1) is 0 Å². The molecule has 0 saturated carbocycles. The Bertz CT molecular complexity index is 838. The highest BCUT2D eigenvalue weighted by Crippen LogP contribution is 2.33. The molecule has 0 unspecified atom stereocenters. The van der Waals surface area contributed by atoms with Gasteiger partial charge in [0.25, 0.3) is 0 Å². The van der Waals surface area contributed by atoms with E-state index in [9.17, 15) is 0 Å². The normalized spacial score (nSPS) is 11.7. The minimum absolute atomic E-state index is 0.479. The van der Waals surface area contributed by atoms with Crippen LogP contribution in [0.5, 0.6) is 5.75 Å². The van der Waals surface area contributed by atoms with Gasteiger partial charge >= 0.3 is 0 Å². The van der Waals surface area contributed by atoms with E-state index < -0.39 is 0 Å². The van der Waals surface area contributed by atoms with Crippen LogP contribution in [0, 0.1) is 5.92 Å². The van der Waals surface area contributed by atoms with E-state index in [1.807, 2.05) is 22.9 Å². The predicted octanol–water partition coefficient (Wildman–Crippen LogP) is 4.39. The Kier molecular flexibility index (Phi) is 4.88. The number of anilines is 1. The van der Waals surface area contributed by atoms with Crippen molar-refractivity contribution in [2.45, 2.75) is 46.6 Å². The van der Waals surface area contributed by atoms with Crippen molar-refractivity contribution in [3.8, 4) is 5.75 Å². The summed E-state index contributed by atoms with van der Waals surface area (Å²) in [5.41, 5.74) is 7.75. The van der Waals surface area contributed by atoms with Gasteiger partial charge in [0, 0.05) is 18.1 Å². The number of nitrogens with two attached hydrogens (primary N) is 1. The van der Waals surface area contributed by atoms with Gasteiger partial charge < -0.3 is 10.5 Å². The van der Waals surface area contributed by atoms with Crippen LogP contribution in [0.4, 0.5) is 5.82 Å². The number of aromatic nitrogens is 3. The maximum Gasteiger partial charge on any atom is 0.152 e. The molecule has 2 heterocycles. The second-order valence-electron chi connectivity index (χ2n) is 6.69. The van der Waals surface area contributed by atoms with E-state index in [0.29, 0.717) is 18.3 Å². The van der Waals surface area contributed by atoms with Crippen molar-refractivity contribution in [2.24, 2.45) is 5.92 Å². The first kappa shape index (κ1) is 16.6. The van der Waals surface area contributed by atoms with Gasteiger partial charge in [0.2, 0.25) is 0 Å². The Hall–Kier alpha value is -2.30. The molecule has 5 heteroatoms. The van der Waals surface area contributed by atoms with Gasteiger partial charge in [0.15, 0.2) is 5.82 Å². The lowest BCUT2D eigenvalue weighted by Crippen LogP contribution is -2.02. The lowest BCUT2D eigenvalue weighted by atomic mass is 10.1. The molecule has 0 aliphatic carbocycles. The lowest BCUT2D eigenvalue weighted by molar-refractivity contribution is 0.293. The molecule has 0 radical (unpaired) electrons. The SMILES string of the molecule is CCCCn1cc2c(n1)c(N)nc1cccc(OCCC(C)C)c12. The summed E-state index contributed by atoms with van der Waals surface area (Å²) in [7, 11) is 0. The van der Waals surface area contributed by atoms with Crippen LogP contribution in [0.15, 0.2) is 24.4 Å². The standard InChI is InChI=1S/C19H26N4O/c1-4-5-10-23-12-14-17-15(21-19(20)18(14)22-23)7-6-8-16(17)24-11-9-13(2)3/h6-8,12-13H,4-5,9-11H2,1-3H3,(H2,20,21). The minimum atomic E-state index is 0.479. The highest BCUT2D eigenvalue weighted by Gasteiger charge is 2.14. The zero-order valence-electron chi connectivity index (χ0n) is 14.7. The van der Waals surface area contributed by atoms with Gasteiger partial charge in [-0.1, -0.05) is 33.3 Å². The number of benzene rings is 1. The zero-order chi connectivity index (χ0) is 17.1. The van der Waals surface area contributed by atoms with E-state index in [0.717, 1.165) is 53.4 Å². The maximum absolute atomic E-state index is 6.13. The molecule has 0 saturated heterocycles. The number of nitrogens with zero attached hydrogens (tertiary/aromatic N) is 3. The van der Waals surface area contributed by atoms with Crippen LogP contribution >= 0.6 is 0 Å². The molecular weight excluding hydrogens is 300 g/mol. The molecule has 5 nitrogen and oxygen atoms in total. The van der Waals surface area contributed by atoms with E-state index in [1.54, 1.807) is 0 Å². The second-order valence-corrected chi connectivity index (χ2v) is 6.69. The molecule has 2 aromatic heterocycles. The van der Waals surface area contributed by atoms with Crippen molar-refractivity contribution in [2.75, 3.05) is 12.3 Å². The van der Waals surface area contributed by atoms with Crippen molar-refractivity contribution >= 4 is 27.6 Å². The monoisotopic (exact) mass is 326 g/mol. The summed E-state index contributed by atoms with van der Waals surface area (Å²) < 4.78 is 8.02. The molecule has 0 spiro atoms. The summed E-state index contributed by atoms with van der Waals surface area (Å²) in [5, 5.41) is 6.65. The molecule has 0 amide bonds. The molecule has 128 valence electrons. The Labute approximate surface area is 142 Å². The van der Waals surface area contributed by atoms with Crippen molar-refractivity contribution < 1.29 is 4.74 Å². The highest BCUT2D eigenvalue weighted by atomic mass is 16.5. The molecule has 0 aliphatic heterocycles. The summed E-state index contributed by atoms with van der Waals surface area (Å²) in [6.07, 6.45) is 5.32. The van der Waals surface area contributed by atoms with Crippen molar-refractivity contribution in [1.82, 2.24) is 14.8 Å². The smallest absolute Gasteiger partial charge is 0.152 e. The average molecular weight is 326 g/mol. The Morgan fingerprint density at radius 3 is 2.88 bits per heavy atom. The predicted molar refractivity (Wildman–Crippen MR) is 99.3 cm³/mol. The summed E-state index contributed by atoms with van der Waals surface area (Å²) in [6.45, 7) is 8.17. The molecule has 3 aromatic rings. The first-order valence-electron chi connectivity index (χ1n) is 8.78. The molecule has 2 N–H and O–H groups in total. The van der Waals surface area contributed by atoms with E-state index in [1.165, 1.54) is 0 Å². The van der Waals surface area contributed by atoms with E-state index in [2.05, 4.69) is 37.1 Å². The number of hydrogen-bond acceptors (Lipinski definition) is 4. The molecule has 24 heavy (non-hydrogen) atoms. The van der Waals surface area contributed by atoms with Crippen LogP contribution in [-0.4, -0.2) is 21.4 Å². The first-order valence-corrected chi connectivity index (χ1v) is 8.78. The van der Waals surface area contributed by atoms with Crippen LogP contribution in [-0.2, 0) is 6.54 Å². The van der Waals surface area contributed by atoms with Gasteiger partial charge in [-0.05, 0) is 30.9 Å². The van der Waals surface area contributed by atoms with Crippen molar-refractivity contribution in [1.29, 1.82) is 0 Å². The number of fused-ring (bicyclic) bond motifs is 3. The molecular formula is C19H26N4O. The van der Waals surface area contributed by atoms with Gasteiger partial charge in [-0.3, -0.25) is 4.68 Å². The van der Waals surface area contributed by atoms with Crippen LogP contribution in [0.3, 0.4) is 0 Å². The third-order valence-corrected chi connectivity index (χ3v) is 4.21. The topological polar surface area (TPSA) is 66.0 Å². The fourth-order valence-corrected chi connectivity index (χ4v) is 2.82. The first-order chi connectivity index (χ1) is 11.6. The Balaban J connectivity index is 2.07. The molecule has 0 aliphatic rings. The molecule has 0 fully saturated rings. The molecule has 3 rings (SSSR count). The summed E-state index contributed by atoms with van der Waals surface area (Å²) in [5.74, 6) is 1.96. The molecule has 0 bridgehead atoms. The number of ether oxygens (including phenoxy) is 1. The van der Waals surface area contributed by atoms with E-state index in [-0.39, 0.29) is 0 Å². The Morgan fingerprint density at radius 2 is 2.12 bits per heavy atom. The fraction of sp³-hybridized carbons (Fsp3) is 0.474. The summed E-state index contributed by atoms with van der Waals surface area (Å²) >= 11 is 0. The maximum atomic E-state index is 6.13. The third-order valence-electron chi connectivity index (χ3n) is 4.21. The van der Waals surface area contributed by atoms with Gasteiger partial charge in [-0.25, -0.2) is 4.98 Å². The highest BCUT2D eigenvalue weighted by molar-refractivity contribution is 6.10. The van der Waals surface area contributed by atoms with Crippen LogP contribution in [0.1, 0.15) is 40.0 Å². The second kappa shape index (κ2) is 7.07. The van der Waals surface area contributed by atoms with Gasteiger partial charge in [0.05, 0.1) is 17.5 Å². The van der Waals surface area contributed by atoms with E-state index in [4.69, 9.17) is 10.5 Å².